The van der Waals surface area contributed by atoms with Gasteiger partial charge in [-0.3, -0.25) is 4.79 Å². The highest BCUT2D eigenvalue weighted by atomic mass is 16.6. The van der Waals surface area contributed by atoms with Gasteiger partial charge in [0.05, 0.1) is 16.5 Å². The fourth-order valence-electron chi connectivity index (χ4n) is 7.54. The molecule has 0 amide bonds. The number of carbonyl (C=O) groups excluding carboxylic acids is 2. The first kappa shape index (κ1) is 40.9. The highest BCUT2D eigenvalue weighted by molar-refractivity contribution is 5.95. The third kappa shape index (κ3) is 7.19. The number of phenols is 12. The molecule has 0 radical (unpaired) electrons. The Morgan fingerprint density at radius 1 is 0.476 bits per heavy atom. The highest BCUT2D eigenvalue weighted by Crippen LogP contribution is 2.49. The van der Waals surface area contributed by atoms with Crippen molar-refractivity contribution in [1.82, 2.24) is 0 Å². The number of hydrogen-bond acceptors (Lipinski definition) is 20. The molecule has 2 unspecified atom stereocenters. The molecular formula is C43H32O20. The largest absolute Gasteiger partial charge is 0.508 e. The van der Waals surface area contributed by atoms with Gasteiger partial charge in [-0.05, 0) is 47.9 Å². The second-order valence-corrected chi connectivity index (χ2v) is 14.6. The molecule has 324 valence electrons. The average molecular weight is 869 g/mol. The first-order valence-corrected chi connectivity index (χ1v) is 18.4. The van der Waals surface area contributed by atoms with Crippen LogP contribution >= 0.6 is 0 Å². The van der Waals surface area contributed by atoms with Crippen molar-refractivity contribution in [3.8, 4) is 86.2 Å². The molecule has 0 saturated carbocycles. The van der Waals surface area contributed by atoms with E-state index in [0.29, 0.717) is 0 Å². The Hall–Kier alpha value is -8.81. The number of benzene rings is 5. The highest BCUT2D eigenvalue weighted by Gasteiger charge is 2.41. The van der Waals surface area contributed by atoms with Crippen LogP contribution in [0.15, 0.2) is 71.5 Å². The lowest BCUT2D eigenvalue weighted by atomic mass is 9.89. The van der Waals surface area contributed by atoms with Crippen LogP contribution in [-0.2, 0) is 22.3 Å². The summed E-state index contributed by atoms with van der Waals surface area (Å²) in [4.78, 5) is 41.1. The van der Waals surface area contributed by atoms with Crippen LogP contribution in [0.1, 0.15) is 55.2 Å². The smallest absolute Gasteiger partial charge is 0.338 e. The van der Waals surface area contributed by atoms with Crippen LogP contribution in [0.25, 0.3) is 10.8 Å². The number of fused-ring (bicyclic) bond motifs is 3. The molecule has 0 aliphatic carbocycles. The molecule has 6 aromatic rings. The van der Waals surface area contributed by atoms with E-state index in [1.165, 1.54) is 0 Å². The fourth-order valence-corrected chi connectivity index (χ4v) is 7.54. The summed E-state index contributed by atoms with van der Waals surface area (Å²) in [6.45, 7) is 0. The molecule has 0 aromatic heterocycles. The number of carbonyl (C=O) groups is 2. The first-order valence-electron chi connectivity index (χ1n) is 18.4. The van der Waals surface area contributed by atoms with Crippen LogP contribution < -0.4 is 14.9 Å². The van der Waals surface area contributed by atoms with Gasteiger partial charge in [0.2, 0.25) is 5.43 Å². The molecular weight excluding hydrogens is 836 g/mol. The Morgan fingerprint density at radius 2 is 0.905 bits per heavy atom. The van der Waals surface area contributed by atoms with Crippen molar-refractivity contribution < 1.29 is 94.9 Å². The first-order chi connectivity index (χ1) is 29.8. The molecule has 2 aliphatic heterocycles. The van der Waals surface area contributed by atoms with Crippen molar-refractivity contribution >= 4 is 22.7 Å². The monoisotopic (exact) mass is 868 g/mol. The second kappa shape index (κ2) is 15.0. The number of hydrogen-bond donors (Lipinski definition) is 13. The van der Waals surface area contributed by atoms with Crippen LogP contribution in [0.5, 0.6) is 86.2 Å². The summed E-state index contributed by atoms with van der Waals surface area (Å²) in [5.41, 5.74) is -2.71. The lowest BCUT2D eigenvalue weighted by Crippen LogP contribution is -2.35. The zero-order valence-corrected chi connectivity index (χ0v) is 31.7. The minimum atomic E-state index is -1.65. The van der Waals surface area contributed by atoms with Gasteiger partial charge in [0.15, 0.2) is 64.0 Å². The predicted molar refractivity (Wildman–Crippen MR) is 210 cm³/mol. The molecule has 6 aromatic carbocycles. The minimum Gasteiger partial charge on any atom is -0.508 e. The lowest BCUT2D eigenvalue weighted by Gasteiger charge is -2.35. The van der Waals surface area contributed by atoms with Crippen LogP contribution in [0, 0.1) is 0 Å². The predicted octanol–water partition coefficient (Wildman–Crippen LogP) is 4.18. The molecule has 20 heteroatoms. The van der Waals surface area contributed by atoms with Crippen molar-refractivity contribution in [3.63, 3.8) is 0 Å². The Morgan fingerprint density at radius 3 is 1.38 bits per heavy atom. The van der Waals surface area contributed by atoms with E-state index in [2.05, 4.69) is 0 Å². The number of rotatable bonds is 6. The second-order valence-electron chi connectivity index (χ2n) is 14.6. The number of aromatic hydroxyl groups is 13. The van der Waals surface area contributed by atoms with E-state index in [1.54, 1.807) is 0 Å². The Labute approximate surface area is 351 Å². The van der Waals surface area contributed by atoms with Crippen LogP contribution in [0.3, 0.4) is 0 Å². The molecule has 2 aliphatic rings. The summed E-state index contributed by atoms with van der Waals surface area (Å²) < 4.78 is 23.9. The summed E-state index contributed by atoms with van der Waals surface area (Å²) >= 11 is 0. The minimum absolute atomic E-state index is 0.000315. The van der Waals surface area contributed by atoms with E-state index in [4.69, 9.17) is 18.9 Å². The van der Waals surface area contributed by atoms with Crippen molar-refractivity contribution in [3.05, 3.63) is 110 Å². The SMILES string of the molecule is O=C(OC1Cc2c(O)cc(O)cc2OC1c1cc(O)c(O)c2c(=O)c(O)cc([C@H]3Oc4cc(O)cc(O)c4C[C@H]3OC(=O)c3cc(O)c(O)c(O)c3)cc12)c1cc(O)c(O)c(O)c1. The van der Waals surface area contributed by atoms with E-state index in [-0.39, 0.29) is 45.6 Å². The van der Waals surface area contributed by atoms with E-state index in [1.807, 2.05) is 0 Å². The maximum Gasteiger partial charge on any atom is 0.338 e. The topological polar surface area (TPSA) is 351 Å². The molecule has 0 bridgehead atoms. The molecule has 63 heavy (non-hydrogen) atoms. The standard InChI is InChI=1S/C43H32O20/c44-17-7-23(46)21-12-33(62-42(58)15-3-25(48)36(54)26(49)4-15)40(60-31(21)9-17)14-1-19-20(11-30(53)39(57)35(19)38(56)29(52)2-14)41-34(13-22-24(47)8-18(45)10-32(22)61-41)63-43(59)16-5-27(50)37(55)28(51)6-16/h1-11,33-34,40-41,44-51,53-55,57H,12-13H2,(H,52,56)/t33-,34?,40-,41?/m1/s1. The quantitative estimate of drug-likeness (QED) is 0.0824. The number of phenolic OH excluding ortho intramolecular Hbond substituents is 12. The normalized spacial score (nSPS) is 17.7. The number of ether oxygens (including phenoxy) is 4. The van der Waals surface area contributed by atoms with E-state index < -0.39 is 139 Å². The van der Waals surface area contributed by atoms with Crippen LogP contribution in [0.4, 0.5) is 0 Å². The Kier molecular flexibility index (Phi) is 9.77. The number of esters is 2. The van der Waals surface area contributed by atoms with Gasteiger partial charge in [0, 0.05) is 59.4 Å². The van der Waals surface area contributed by atoms with E-state index >= 15 is 0 Å². The van der Waals surface area contributed by atoms with Crippen molar-refractivity contribution in [2.45, 2.75) is 37.3 Å². The van der Waals surface area contributed by atoms with Crippen LogP contribution in [0.2, 0.25) is 0 Å². The molecule has 0 fully saturated rings. The Bertz CT molecular complexity index is 2950. The molecule has 4 atom stereocenters. The summed E-state index contributed by atoms with van der Waals surface area (Å²) in [7, 11) is 0. The van der Waals surface area contributed by atoms with Crippen LogP contribution in [-0.4, -0.2) is 90.5 Å². The lowest BCUT2D eigenvalue weighted by molar-refractivity contribution is -0.0194. The van der Waals surface area contributed by atoms with Gasteiger partial charge >= 0.3 is 11.9 Å². The molecule has 8 rings (SSSR count). The van der Waals surface area contributed by atoms with Crippen molar-refractivity contribution in [2.75, 3.05) is 0 Å². The molecule has 0 saturated heterocycles. The van der Waals surface area contributed by atoms with Crippen molar-refractivity contribution in [1.29, 1.82) is 0 Å². The molecule has 20 nitrogen and oxygen atoms in total. The molecule has 0 spiro atoms. The third-order valence-corrected chi connectivity index (χ3v) is 10.5. The Balaban J connectivity index is 1.31. The average Bonchev–Trinajstić information content (AvgIpc) is 3.35. The van der Waals surface area contributed by atoms with E-state index in [9.17, 15) is 80.8 Å². The van der Waals surface area contributed by atoms with Gasteiger partial charge in [-0.25, -0.2) is 9.59 Å². The summed E-state index contributed by atoms with van der Waals surface area (Å²) in [5.74, 6) is -13.2. The summed E-state index contributed by atoms with van der Waals surface area (Å²) in [6, 6.07) is 10.2. The van der Waals surface area contributed by atoms with Crippen molar-refractivity contribution in [2.24, 2.45) is 0 Å². The zero-order valence-electron chi connectivity index (χ0n) is 31.7. The third-order valence-electron chi connectivity index (χ3n) is 10.5. The van der Waals surface area contributed by atoms with Gasteiger partial charge in [-0.2, -0.15) is 0 Å². The zero-order chi connectivity index (χ0) is 45.3. The summed E-state index contributed by atoms with van der Waals surface area (Å²) in [5, 5.41) is 135. The van der Waals surface area contributed by atoms with Gasteiger partial charge in [-0.15, -0.1) is 0 Å². The maximum absolute atomic E-state index is 14.0. The van der Waals surface area contributed by atoms with Gasteiger partial charge in [0.1, 0.15) is 46.7 Å². The van der Waals surface area contributed by atoms with Gasteiger partial charge in [0.25, 0.3) is 0 Å². The maximum atomic E-state index is 14.0. The van der Waals surface area contributed by atoms with Gasteiger partial charge in [-0.1, -0.05) is 0 Å². The molecule has 13 N–H and O–H groups in total. The van der Waals surface area contributed by atoms with E-state index in [0.717, 1.165) is 66.7 Å². The summed E-state index contributed by atoms with van der Waals surface area (Å²) in [6.07, 6.45) is -7.15. The van der Waals surface area contributed by atoms with Gasteiger partial charge < -0.3 is 85.3 Å². The fraction of sp³-hybridized carbons (Fsp3) is 0.140. The molecule has 2 heterocycles.